The van der Waals surface area contributed by atoms with Crippen molar-refractivity contribution in [3.8, 4) is 28.7 Å². The zero-order valence-corrected chi connectivity index (χ0v) is 27.1. The van der Waals surface area contributed by atoms with Gasteiger partial charge >= 0.3 is 0 Å². The summed E-state index contributed by atoms with van der Waals surface area (Å²) in [7, 11) is 8.43. The Morgan fingerprint density at radius 1 is 0.537 bits per heavy atom. The van der Waals surface area contributed by atoms with Gasteiger partial charge < -0.3 is 23.7 Å². The van der Waals surface area contributed by atoms with Crippen LogP contribution in [0.3, 0.4) is 0 Å². The van der Waals surface area contributed by atoms with Gasteiger partial charge in [-0.1, -0.05) is 59.7 Å². The number of hydrogen-bond donors (Lipinski definition) is 0. The van der Waals surface area contributed by atoms with E-state index in [1.54, 1.807) is 35.5 Å². The highest BCUT2D eigenvalue weighted by Gasteiger charge is 2.24. The molecular weight excluding hydrogens is 512 g/mol. The molecule has 0 amide bonds. The van der Waals surface area contributed by atoms with Gasteiger partial charge in [0.05, 0.1) is 35.5 Å². The molecule has 0 fully saturated rings. The Bertz CT molecular complexity index is 1260. The van der Waals surface area contributed by atoms with Crippen molar-refractivity contribution >= 4 is 0 Å². The number of ether oxygens (including phenoxy) is 5. The molecule has 0 spiro atoms. The summed E-state index contributed by atoms with van der Waals surface area (Å²) in [6, 6.07) is 13.1. The highest BCUT2D eigenvalue weighted by Crippen LogP contribution is 2.44. The smallest absolute Gasteiger partial charge is 0.203 e. The van der Waals surface area contributed by atoms with Crippen LogP contribution in [-0.2, 0) is 25.7 Å². The summed E-state index contributed by atoms with van der Waals surface area (Å²) in [5.74, 6) is 4.59. The maximum Gasteiger partial charge on any atom is 0.203 e. The lowest BCUT2D eigenvalue weighted by Gasteiger charge is -2.24. The lowest BCUT2D eigenvalue weighted by molar-refractivity contribution is 0.323. The van der Waals surface area contributed by atoms with Crippen molar-refractivity contribution in [3.63, 3.8) is 0 Å². The van der Waals surface area contributed by atoms with Crippen molar-refractivity contribution in [2.75, 3.05) is 35.5 Å². The SMILES string of the molecule is CCc1cc(CC(C)c2c(OC)ccc(CC(C)c3cc(OC)c(OC)c(OC)c3)c2OC)cc(CC)c1C(C)C. The fourth-order valence-electron chi connectivity index (χ4n) is 6.26. The Morgan fingerprint density at radius 3 is 1.51 bits per heavy atom. The predicted octanol–water partition coefficient (Wildman–Crippen LogP) is 8.67. The first kappa shape index (κ1) is 32.2. The molecule has 0 bridgehead atoms. The Labute approximate surface area is 248 Å². The van der Waals surface area contributed by atoms with Crippen LogP contribution in [-0.4, -0.2) is 35.5 Å². The largest absolute Gasteiger partial charge is 0.496 e. The zero-order valence-electron chi connectivity index (χ0n) is 27.1. The van der Waals surface area contributed by atoms with E-state index in [2.05, 4.69) is 65.8 Å². The van der Waals surface area contributed by atoms with Crippen LogP contribution in [0.2, 0.25) is 0 Å². The molecular formula is C36H50O5. The fourth-order valence-corrected chi connectivity index (χ4v) is 6.26. The summed E-state index contributed by atoms with van der Waals surface area (Å²) in [6.07, 6.45) is 3.79. The third-order valence-electron chi connectivity index (χ3n) is 8.23. The average molecular weight is 563 g/mol. The van der Waals surface area contributed by atoms with E-state index in [1.807, 2.05) is 12.1 Å². The minimum Gasteiger partial charge on any atom is -0.496 e. The van der Waals surface area contributed by atoms with E-state index in [0.29, 0.717) is 23.2 Å². The van der Waals surface area contributed by atoms with E-state index >= 15 is 0 Å². The first-order valence-electron chi connectivity index (χ1n) is 14.9. The van der Waals surface area contributed by atoms with Crippen LogP contribution in [0.25, 0.3) is 0 Å². The minimum atomic E-state index is 0.178. The van der Waals surface area contributed by atoms with Crippen LogP contribution in [0.15, 0.2) is 36.4 Å². The van der Waals surface area contributed by atoms with Crippen LogP contribution in [0.5, 0.6) is 28.7 Å². The summed E-state index contributed by atoms with van der Waals surface area (Å²) in [4.78, 5) is 0. The third kappa shape index (κ3) is 6.94. The van der Waals surface area contributed by atoms with E-state index in [4.69, 9.17) is 23.7 Å². The average Bonchev–Trinajstić information content (AvgIpc) is 2.98. The normalized spacial score (nSPS) is 12.7. The maximum atomic E-state index is 6.13. The van der Waals surface area contributed by atoms with Crippen LogP contribution in [0, 0.1) is 0 Å². The number of hydrogen-bond acceptors (Lipinski definition) is 5. The summed E-state index contributed by atoms with van der Waals surface area (Å²) in [5.41, 5.74) is 9.20. The van der Waals surface area contributed by atoms with Crippen molar-refractivity contribution in [3.05, 3.63) is 75.3 Å². The van der Waals surface area contributed by atoms with Gasteiger partial charge in [0.25, 0.3) is 0 Å². The molecule has 3 rings (SSSR count). The quantitative estimate of drug-likeness (QED) is 0.197. The molecule has 0 aliphatic rings. The van der Waals surface area contributed by atoms with Crippen molar-refractivity contribution in [2.24, 2.45) is 0 Å². The molecule has 0 aliphatic carbocycles. The second-order valence-corrected chi connectivity index (χ2v) is 11.2. The van der Waals surface area contributed by atoms with Crippen LogP contribution in [0.4, 0.5) is 0 Å². The fraction of sp³-hybridized carbons (Fsp3) is 0.500. The van der Waals surface area contributed by atoms with Gasteiger partial charge in [0.2, 0.25) is 5.75 Å². The molecule has 5 heteroatoms. The summed E-state index contributed by atoms with van der Waals surface area (Å²) < 4.78 is 28.8. The van der Waals surface area contributed by atoms with Crippen molar-refractivity contribution in [2.45, 2.75) is 85.0 Å². The molecule has 41 heavy (non-hydrogen) atoms. The lowest BCUT2D eigenvalue weighted by Crippen LogP contribution is -2.10. The summed E-state index contributed by atoms with van der Waals surface area (Å²) in [6.45, 7) is 13.6. The molecule has 0 saturated heterocycles. The van der Waals surface area contributed by atoms with Crippen LogP contribution in [0.1, 0.15) is 98.2 Å². The number of methoxy groups -OCH3 is 5. The molecule has 0 heterocycles. The Balaban J connectivity index is 2.01. The van der Waals surface area contributed by atoms with E-state index in [9.17, 15) is 0 Å². The van der Waals surface area contributed by atoms with Gasteiger partial charge in [-0.3, -0.25) is 0 Å². The molecule has 0 N–H and O–H groups in total. The molecule has 3 aromatic rings. The zero-order chi connectivity index (χ0) is 30.3. The minimum absolute atomic E-state index is 0.178. The molecule has 0 saturated carbocycles. The highest BCUT2D eigenvalue weighted by molar-refractivity contribution is 5.56. The standard InChI is InChI=1S/C36H50O5/c1-12-26-18-25(19-27(13-2)33(26)22(3)4)16-24(6)34-30(37-7)15-14-28(35(34)40-10)17-23(5)29-20-31(38-8)36(41-11)32(21-29)39-9/h14-15,18-24H,12-13,16-17H2,1-11H3. The molecule has 0 aliphatic heterocycles. The van der Waals surface area contributed by atoms with Crippen LogP contribution < -0.4 is 23.7 Å². The predicted molar refractivity (Wildman–Crippen MR) is 169 cm³/mol. The second-order valence-electron chi connectivity index (χ2n) is 11.2. The Morgan fingerprint density at radius 2 is 1.07 bits per heavy atom. The first-order valence-corrected chi connectivity index (χ1v) is 14.9. The monoisotopic (exact) mass is 562 g/mol. The second kappa shape index (κ2) is 14.5. The van der Waals surface area contributed by atoms with Gasteiger partial charge in [0.1, 0.15) is 11.5 Å². The van der Waals surface area contributed by atoms with E-state index in [1.165, 1.54) is 22.3 Å². The molecule has 3 aromatic carbocycles. The Kier molecular flexibility index (Phi) is 11.4. The van der Waals surface area contributed by atoms with E-state index < -0.39 is 0 Å². The summed E-state index contributed by atoms with van der Waals surface area (Å²) >= 11 is 0. The van der Waals surface area contributed by atoms with Gasteiger partial charge in [-0.05, 0) is 95.0 Å². The van der Waals surface area contributed by atoms with Gasteiger partial charge in [0.15, 0.2) is 11.5 Å². The summed E-state index contributed by atoms with van der Waals surface area (Å²) in [5, 5.41) is 0. The van der Waals surface area contributed by atoms with Gasteiger partial charge in [0, 0.05) is 5.56 Å². The third-order valence-corrected chi connectivity index (χ3v) is 8.23. The van der Waals surface area contributed by atoms with Gasteiger partial charge in [-0.15, -0.1) is 0 Å². The molecule has 2 unspecified atom stereocenters. The van der Waals surface area contributed by atoms with Gasteiger partial charge in [-0.2, -0.15) is 0 Å². The van der Waals surface area contributed by atoms with Crippen molar-refractivity contribution in [1.82, 2.24) is 0 Å². The van der Waals surface area contributed by atoms with E-state index in [0.717, 1.165) is 53.9 Å². The lowest BCUT2D eigenvalue weighted by atomic mass is 9.84. The number of aryl methyl sites for hydroxylation is 2. The highest BCUT2D eigenvalue weighted by atomic mass is 16.5. The number of rotatable bonds is 14. The topological polar surface area (TPSA) is 46.2 Å². The van der Waals surface area contributed by atoms with Crippen molar-refractivity contribution < 1.29 is 23.7 Å². The maximum absolute atomic E-state index is 6.13. The van der Waals surface area contributed by atoms with Crippen LogP contribution >= 0.6 is 0 Å². The van der Waals surface area contributed by atoms with E-state index in [-0.39, 0.29) is 11.8 Å². The molecule has 0 aromatic heterocycles. The first-order chi connectivity index (χ1) is 19.7. The van der Waals surface area contributed by atoms with Crippen molar-refractivity contribution in [1.29, 1.82) is 0 Å². The van der Waals surface area contributed by atoms with Gasteiger partial charge in [-0.25, -0.2) is 0 Å². The molecule has 224 valence electrons. The Hall–Kier alpha value is -3.34. The molecule has 2 atom stereocenters. The molecule has 0 radical (unpaired) electrons. The molecule has 5 nitrogen and oxygen atoms in total. The number of benzene rings is 3.